The van der Waals surface area contributed by atoms with Gasteiger partial charge in [0.25, 0.3) is 5.89 Å². The maximum atomic E-state index is 6.09. The van der Waals surface area contributed by atoms with Crippen LogP contribution < -0.4 is 10.5 Å². The molecule has 0 aliphatic rings. The molecule has 0 saturated carbocycles. The molecule has 2 aromatic carbocycles. The van der Waals surface area contributed by atoms with Gasteiger partial charge in [-0.25, -0.2) is 0 Å². The van der Waals surface area contributed by atoms with Crippen LogP contribution in [-0.2, 0) is 6.61 Å². The predicted molar refractivity (Wildman–Crippen MR) is 79.9 cm³/mol. The number of anilines is 1. The zero-order chi connectivity index (χ0) is 14.7. The summed E-state index contributed by atoms with van der Waals surface area (Å²) in [5.41, 5.74) is 7.05. The van der Waals surface area contributed by atoms with Crippen LogP contribution in [0.15, 0.2) is 53.1 Å². The summed E-state index contributed by atoms with van der Waals surface area (Å²) < 4.78 is 10.8. The van der Waals surface area contributed by atoms with Gasteiger partial charge < -0.3 is 15.0 Å². The van der Waals surface area contributed by atoms with Crippen molar-refractivity contribution in [2.24, 2.45) is 0 Å². The molecule has 0 radical (unpaired) electrons. The Morgan fingerprint density at radius 3 is 2.67 bits per heavy atom. The summed E-state index contributed by atoms with van der Waals surface area (Å²) in [5, 5.41) is 4.42. The van der Waals surface area contributed by atoms with E-state index in [1.807, 2.05) is 30.3 Å². The van der Waals surface area contributed by atoms with Gasteiger partial charge in [-0.2, -0.15) is 4.98 Å². The van der Waals surface area contributed by atoms with Crippen LogP contribution in [0.3, 0.4) is 0 Å². The molecular formula is C15H12ClN3O2. The molecular weight excluding hydrogens is 290 g/mol. The van der Waals surface area contributed by atoms with E-state index in [1.54, 1.807) is 18.2 Å². The van der Waals surface area contributed by atoms with Crippen LogP contribution in [0.4, 0.5) is 5.69 Å². The van der Waals surface area contributed by atoms with Crippen molar-refractivity contribution in [3.8, 4) is 17.2 Å². The van der Waals surface area contributed by atoms with Gasteiger partial charge in [0.2, 0.25) is 5.82 Å². The Labute approximate surface area is 126 Å². The van der Waals surface area contributed by atoms with Gasteiger partial charge in [0, 0.05) is 0 Å². The van der Waals surface area contributed by atoms with Crippen molar-refractivity contribution in [1.82, 2.24) is 10.1 Å². The maximum absolute atomic E-state index is 6.09. The molecule has 0 unspecified atom stereocenters. The molecule has 0 amide bonds. The number of benzene rings is 2. The average molecular weight is 302 g/mol. The molecule has 0 bridgehead atoms. The first-order valence-corrected chi connectivity index (χ1v) is 6.66. The van der Waals surface area contributed by atoms with Crippen molar-refractivity contribution >= 4 is 17.3 Å². The first-order valence-electron chi connectivity index (χ1n) is 6.29. The number of hydrogen-bond donors (Lipinski definition) is 1. The lowest BCUT2D eigenvalue weighted by Gasteiger charge is -2.05. The molecule has 3 rings (SSSR count). The molecule has 6 heteroatoms. The van der Waals surface area contributed by atoms with Gasteiger partial charge in [0.05, 0.1) is 16.3 Å². The van der Waals surface area contributed by atoms with Crippen LogP contribution in [0.2, 0.25) is 5.02 Å². The van der Waals surface area contributed by atoms with E-state index in [2.05, 4.69) is 10.1 Å². The summed E-state index contributed by atoms with van der Waals surface area (Å²) in [4.78, 5) is 4.26. The fourth-order valence-corrected chi connectivity index (χ4v) is 2.03. The third-order valence-electron chi connectivity index (χ3n) is 2.85. The highest BCUT2D eigenvalue weighted by Crippen LogP contribution is 2.26. The smallest absolute Gasteiger partial charge is 0.259 e. The molecule has 0 saturated heterocycles. The third-order valence-corrected chi connectivity index (χ3v) is 3.18. The van der Waals surface area contributed by atoms with Gasteiger partial charge in [0.15, 0.2) is 6.61 Å². The molecule has 1 aromatic heterocycles. The average Bonchev–Trinajstić information content (AvgIpc) is 2.96. The number of hydrogen-bond acceptors (Lipinski definition) is 5. The molecule has 1 heterocycles. The Bertz CT molecular complexity index is 758. The standard InChI is InChI=1S/C15H12ClN3O2/c16-11-6-2-1-5-10(11)15-18-14(19-21-15)9-20-13-8-4-3-7-12(13)17/h1-8H,9,17H2. The van der Waals surface area contributed by atoms with Crippen molar-refractivity contribution in [2.75, 3.05) is 5.73 Å². The van der Waals surface area contributed by atoms with Gasteiger partial charge in [-0.3, -0.25) is 0 Å². The third kappa shape index (κ3) is 2.98. The number of para-hydroxylation sites is 2. The highest BCUT2D eigenvalue weighted by Gasteiger charge is 2.12. The Kier molecular flexibility index (Phi) is 3.75. The van der Waals surface area contributed by atoms with E-state index in [0.717, 1.165) is 0 Å². The van der Waals surface area contributed by atoms with Crippen molar-refractivity contribution in [3.63, 3.8) is 0 Å². The monoisotopic (exact) mass is 301 g/mol. The largest absolute Gasteiger partial charge is 0.483 e. The molecule has 0 aliphatic carbocycles. The Morgan fingerprint density at radius 2 is 1.86 bits per heavy atom. The van der Waals surface area contributed by atoms with Crippen molar-refractivity contribution in [3.05, 3.63) is 59.4 Å². The SMILES string of the molecule is Nc1ccccc1OCc1noc(-c2ccccc2Cl)n1. The quantitative estimate of drug-likeness (QED) is 0.746. The second-order valence-corrected chi connectivity index (χ2v) is 4.73. The van der Waals surface area contributed by atoms with Crippen LogP contribution in [0.25, 0.3) is 11.5 Å². The van der Waals surface area contributed by atoms with E-state index in [0.29, 0.717) is 33.7 Å². The lowest BCUT2D eigenvalue weighted by atomic mass is 10.2. The Morgan fingerprint density at radius 1 is 1.10 bits per heavy atom. The summed E-state index contributed by atoms with van der Waals surface area (Å²) in [5.74, 6) is 1.37. The number of aromatic nitrogens is 2. The summed E-state index contributed by atoms with van der Waals surface area (Å²) in [6.45, 7) is 0.169. The lowest BCUT2D eigenvalue weighted by Crippen LogP contribution is -2.00. The molecule has 106 valence electrons. The van der Waals surface area contributed by atoms with Gasteiger partial charge in [-0.1, -0.05) is 41.0 Å². The summed E-state index contributed by atoms with van der Waals surface area (Å²) in [6, 6.07) is 14.5. The molecule has 5 nitrogen and oxygen atoms in total. The Hall–Kier alpha value is -2.53. The van der Waals surface area contributed by atoms with Gasteiger partial charge in [-0.15, -0.1) is 0 Å². The molecule has 0 fully saturated rings. The molecule has 0 spiro atoms. The summed E-state index contributed by atoms with van der Waals surface area (Å²) in [6.07, 6.45) is 0. The first-order chi connectivity index (χ1) is 10.2. The fraction of sp³-hybridized carbons (Fsp3) is 0.0667. The van der Waals surface area contributed by atoms with E-state index in [9.17, 15) is 0 Å². The fourth-order valence-electron chi connectivity index (χ4n) is 1.81. The molecule has 3 aromatic rings. The zero-order valence-electron chi connectivity index (χ0n) is 11.0. The Balaban J connectivity index is 1.74. The summed E-state index contributed by atoms with van der Waals surface area (Å²) >= 11 is 6.09. The van der Waals surface area contributed by atoms with Crippen LogP contribution in [-0.4, -0.2) is 10.1 Å². The number of nitrogens with zero attached hydrogens (tertiary/aromatic N) is 2. The number of nitrogen functional groups attached to an aromatic ring is 1. The predicted octanol–water partition coefficient (Wildman–Crippen LogP) is 3.55. The highest BCUT2D eigenvalue weighted by molar-refractivity contribution is 6.33. The minimum absolute atomic E-state index is 0.169. The van der Waals surface area contributed by atoms with E-state index >= 15 is 0 Å². The number of ether oxygens (including phenoxy) is 1. The van der Waals surface area contributed by atoms with E-state index in [1.165, 1.54) is 0 Å². The van der Waals surface area contributed by atoms with E-state index in [4.69, 9.17) is 26.6 Å². The van der Waals surface area contributed by atoms with Crippen LogP contribution >= 0.6 is 11.6 Å². The van der Waals surface area contributed by atoms with Crippen LogP contribution in [0, 0.1) is 0 Å². The second-order valence-electron chi connectivity index (χ2n) is 4.32. The van der Waals surface area contributed by atoms with Crippen LogP contribution in [0.1, 0.15) is 5.82 Å². The van der Waals surface area contributed by atoms with E-state index in [-0.39, 0.29) is 6.61 Å². The summed E-state index contributed by atoms with van der Waals surface area (Å²) in [7, 11) is 0. The number of halogens is 1. The molecule has 21 heavy (non-hydrogen) atoms. The molecule has 0 atom stereocenters. The van der Waals surface area contributed by atoms with Crippen molar-refractivity contribution < 1.29 is 9.26 Å². The maximum Gasteiger partial charge on any atom is 0.259 e. The minimum atomic E-state index is 0.169. The molecule has 0 aliphatic heterocycles. The minimum Gasteiger partial charge on any atom is -0.483 e. The molecule has 2 N–H and O–H groups in total. The van der Waals surface area contributed by atoms with Crippen molar-refractivity contribution in [2.45, 2.75) is 6.61 Å². The first kappa shape index (κ1) is 13.5. The van der Waals surface area contributed by atoms with Crippen LogP contribution in [0.5, 0.6) is 5.75 Å². The van der Waals surface area contributed by atoms with E-state index < -0.39 is 0 Å². The second kappa shape index (κ2) is 5.85. The topological polar surface area (TPSA) is 74.2 Å². The zero-order valence-corrected chi connectivity index (χ0v) is 11.7. The number of nitrogens with two attached hydrogens (primary N) is 1. The van der Waals surface area contributed by atoms with Crippen molar-refractivity contribution in [1.29, 1.82) is 0 Å². The van der Waals surface area contributed by atoms with Gasteiger partial charge >= 0.3 is 0 Å². The lowest BCUT2D eigenvalue weighted by molar-refractivity contribution is 0.288. The highest BCUT2D eigenvalue weighted by atomic mass is 35.5. The van der Waals surface area contributed by atoms with Gasteiger partial charge in [0.1, 0.15) is 5.75 Å². The number of rotatable bonds is 4. The van der Waals surface area contributed by atoms with Gasteiger partial charge in [-0.05, 0) is 24.3 Å². The normalized spacial score (nSPS) is 10.5.